The van der Waals surface area contributed by atoms with Crippen LogP contribution < -0.4 is 0 Å². The Bertz CT molecular complexity index is 844. The van der Waals surface area contributed by atoms with Crippen LogP contribution in [0.25, 0.3) is 0 Å². The van der Waals surface area contributed by atoms with Crippen LogP contribution in [0.2, 0.25) is 0 Å². The summed E-state index contributed by atoms with van der Waals surface area (Å²) in [5.41, 5.74) is 4.19. The highest BCUT2D eigenvalue weighted by Crippen LogP contribution is 2.40. The van der Waals surface area contributed by atoms with Crippen molar-refractivity contribution in [3.63, 3.8) is 0 Å². The Morgan fingerprint density at radius 2 is 1.04 bits per heavy atom. The van der Waals surface area contributed by atoms with E-state index in [4.69, 9.17) is 0 Å². The van der Waals surface area contributed by atoms with Crippen molar-refractivity contribution in [1.82, 2.24) is 9.55 Å². The molecule has 2 nitrogen and oxygen atoms in total. The van der Waals surface area contributed by atoms with E-state index >= 15 is 0 Å². The van der Waals surface area contributed by atoms with Gasteiger partial charge in [0, 0.05) is 6.20 Å². The van der Waals surface area contributed by atoms with Crippen LogP contribution in [-0.4, -0.2) is 9.55 Å². The molecule has 4 rings (SSSR count). The second-order valence-electron chi connectivity index (χ2n) is 6.23. The molecule has 0 N–H and O–H groups in total. The topological polar surface area (TPSA) is 17.8 Å². The second-order valence-corrected chi connectivity index (χ2v) is 6.23. The zero-order chi connectivity index (χ0) is 17.1. The Kier molecular flexibility index (Phi) is 3.95. The van der Waals surface area contributed by atoms with E-state index in [0.717, 1.165) is 5.69 Å². The molecule has 1 aromatic heterocycles. The van der Waals surface area contributed by atoms with E-state index < -0.39 is 5.54 Å². The fourth-order valence-corrected chi connectivity index (χ4v) is 3.59. The van der Waals surface area contributed by atoms with Gasteiger partial charge >= 0.3 is 0 Å². The van der Waals surface area contributed by atoms with Gasteiger partial charge in [-0.15, -0.1) is 0 Å². The molecule has 2 heteroatoms. The Labute approximate surface area is 148 Å². The van der Waals surface area contributed by atoms with E-state index in [1.165, 1.54) is 16.7 Å². The molecule has 122 valence electrons. The van der Waals surface area contributed by atoms with Crippen LogP contribution in [0.4, 0.5) is 0 Å². The van der Waals surface area contributed by atoms with Crippen LogP contribution in [0.15, 0.2) is 104 Å². The average Bonchev–Trinajstić information content (AvgIpc) is 3.12. The van der Waals surface area contributed by atoms with Crippen molar-refractivity contribution < 1.29 is 0 Å². The summed E-state index contributed by atoms with van der Waals surface area (Å²) in [4.78, 5) is 4.52. The van der Waals surface area contributed by atoms with E-state index in [9.17, 15) is 0 Å². The highest BCUT2D eigenvalue weighted by atomic mass is 15.1. The lowest BCUT2D eigenvalue weighted by Crippen LogP contribution is -2.36. The fraction of sp³-hybridized carbons (Fsp3) is 0.0870. The largest absolute Gasteiger partial charge is 0.319 e. The second kappa shape index (κ2) is 6.40. The Hall–Kier alpha value is -3.13. The summed E-state index contributed by atoms with van der Waals surface area (Å²) in [5.74, 6) is 0. The van der Waals surface area contributed by atoms with Gasteiger partial charge in [-0.2, -0.15) is 0 Å². The fourth-order valence-electron chi connectivity index (χ4n) is 3.59. The normalized spacial score (nSPS) is 11.4. The summed E-state index contributed by atoms with van der Waals surface area (Å²) in [6.07, 6.45) is 4.05. The summed E-state index contributed by atoms with van der Waals surface area (Å²) in [5, 5.41) is 0. The maximum absolute atomic E-state index is 4.52. The van der Waals surface area contributed by atoms with E-state index in [-0.39, 0.29) is 0 Å². The van der Waals surface area contributed by atoms with E-state index in [1.807, 2.05) is 13.3 Å². The molecule has 0 fully saturated rings. The zero-order valence-corrected chi connectivity index (χ0v) is 14.2. The first kappa shape index (κ1) is 15.4. The van der Waals surface area contributed by atoms with Gasteiger partial charge in [-0.25, -0.2) is 4.98 Å². The molecule has 0 aliphatic heterocycles. The number of aryl methyl sites for hydroxylation is 1. The van der Waals surface area contributed by atoms with Crippen molar-refractivity contribution in [2.75, 3.05) is 0 Å². The van der Waals surface area contributed by atoms with Crippen LogP contribution in [0.3, 0.4) is 0 Å². The monoisotopic (exact) mass is 324 g/mol. The molecule has 0 spiro atoms. The molecule has 0 bridgehead atoms. The lowest BCUT2D eigenvalue weighted by atomic mass is 9.77. The number of aromatic nitrogens is 2. The number of benzene rings is 3. The van der Waals surface area contributed by atoms with Crippen molar-refractivity contribution in [3.8, 4) is 0 Å². The SMILES string of the molecule is Cc1cn(C(c2ccccc2)(c2ccccc2)c2ccccc2)cn1. The maximum atomic E-state index is 4.52. The van der Waals surface area contributed by atoms with E-state index in [0.29, 0.717) is 0 Å². The van der Waals surface area contributed by atoms with Crippen LogP contribution in [0.1, 0.15) is 22.4 Å². The number of nitrogens with zero attached hydrogens (tertiary/aromatic N) is 2. The molecule has 0 radical (unpaired) electrons. The summed E-state index contributed by atoms with van der Waals surface area (Å²) in [6, 6.07) is 31.9. The molecular weight excluding hydrogens is 304 g/mol. The molecule has 0 saturated heterocycles. The van der Waals surface area contributed by atoms with Gasteiger partial charge in [0.15, 0.2) is 0 Å². The standard InChI is InChI=1S/C23H20N2/c1-19-17-25(18-24-19)23(20-11-5-2-6-12-20,21-13-7-3-8-14-21)22-15-9-4-10-16-22/h2-18H,1H3. The third-order valence-electron chi connectivity index (χ3n) is 4.67. The van der Waals surface area contributed by atoms with Crippen molar-refractivity contribution in [3.05, 3.63) is 126 Å². The summed E-state index contributed by atoms with van der Waals surface area (Å²) < 4.78 is 2.22. The smallest absolute Gasteiger partial charge is 0.121 e. The summed E-state index contributed by atoms with van der Waals surface area (Å²) in [7, 11) is 0. The quantitative estimate of drug-likeness (QED) is 0.481. The van der Waals surface area contributed by atoms with Crippen LogP contribution in [0, 0.1) is 6.92 Å². The number of rotatable bonds is 4. The van der Waals surface area contributed by atoms with Crippen molar-refractivity contribution in [1.29, 1.82) is 0 Å². The van der Waals surface area contributed by atoms with Gasteiger partial charge in [-0.1, -0.05) is 91.0 Å². The first-order valence-electron chi connectivity index (χ1n) is 8.49. The molecule has 1 heterocycles. The molecule has 0 unspecified atom stereocenters. The minimum atomic E-state index is -0.453. The first-order valence-corrected chi connectivity index (χ1v) is 8.49. The molecule has 0 aliphatic carbocycles. The van der Waals surface area contributed by atoms with E-state index in [2.05, 4.69) is 107 Å². The van der Waals surface area contributed by atoms with Gasteiger partial charge < -0.3 is 4.57 Å². The van der Waals surface area contributed by atoms with Crippen molar-refractivity contribution in [2.24, 2.45) is 0 Å². The number of hydrogen-bond donors (Lipinski definition) is 0. The predicted molar refractivity (Wildman–Crippen MR) is 102 cm³/mol. The molecule has 0 amide bonds. The third-order valence-corrected chi connectivity index (χ3v) is 4.67. The van der Waals surface area contributed by atoms with Crippen LogP contribution in [-0.2, 0) is 5.54 Å². The van der Waals surface area contributed by atoms with Crippen LogP contribution in [0.5, 0.6) is 0 Å². The lowest BCUT2D eigenvalue weighted by molar-refractivity contribution is 0.514. The van der Waals surface area contributed by atoms with E-state index in [1.54, 1.807) is 0 Å². The Morgan fingerprint density at radius 3 is 1.36 bits per heavy atom. The molecule has 0 saturated carbocycles. The summed E-state index contributed by atoms with van der Waals surface area (Å²) in [6.45, 7) is 2.03. The van der Waals surface area contributed by atoms with Crippen LogP contribution >= 0.6 is 0 Å². The van der Waals surface area contributed by atoms with Gasteiger partial charge in [0.1, 0.15) is 5.54 Å². The number of imidazole rings is 1. The predicted octanol–water partition coefficient (Wildman–Crippen LogP) is 5.03. The highest BCUT2D eigenvalue weighted by Gasteiger charge is 2.38. The lowest BCUT2D eigenvalue weighted by Gasteiger charge is -2.37. The third kappa shape index (κ3) is 2.56. The Balaban J connectivity index is 2.12. The number of hydrogen-bond acceptors (Lipinski definition) is 1. The highest BCUT2D eigenvalue weighted by molar-refractivity contribution is 5.50. The van der Waals surface area contributed by atoms with Crippen molar-refractivity contribution >= 4 is 0 Å². The van der Waals surface area contributed by atoms with Gasteiger partial charge in [0.25, 0.3) is 0 Å². The van der Waals surface area contributed by atoms with Gasteiger partial charge in [-0.05, 0) is 23.6 Å². The minimum Gasteiger partial charge on any atom is -0.319 e. The molecule has 0 aliphatic rings. The first-order chi connectivity index (χ1) is 12.3. The Morgan fingerprint density at radius 1 is 0.640 bits per heavy atom. The van der Waals surface area contributed by atoms with Gasteiger partial charge in [0.05, 0.1) is 12.0 Å². The molecule has 3 aromatic carbocycles. The molecule has 0 atom stereocenters. The minimum absolute atomic E-state index is 0.453. The molecular formula is C23H20N2. The van der Waals surface area contributed by atoms with Crippen molar-refractivity contribution in [2.45, 2.75) is 12.5 Å². The van der Waals surface area contributed by atoms with Gasteiger partial charge in [-0.3, -0.25) is 0 Å². The molecule has 4 aromatic rings. The maximum Gasteiger partial charge on any atom is 0.121 e. The van der Waals surface area contributed by atoms with Gasteiger partial charge in [0.2, 0.25) is 0 Å². The zero-order valence-electron chi connectivity index (χ0n) is 14.2. The molecule has 25 heavy (non-hydrogen) atoms. The average molecular weight is 324 g/mol. The summed E-state index contributed by atoms with van der Waals surface area (Å²) >= 11 is 0.